The fourth-order valence-electron chi connectivity index (χ4n) is 2.93. The van der Waals surface area contributed by atoms with Crippen molar-refractivity contribution in [2.75, 3.05) is 19.6 Å². The smallest absolute Gasteiger partial charge is 0.0207 e. The minimum absolute atomic E-state index is 0.601. The molecule has 2 heteroatoms. The van der Waals surface area contributed by atoms with E-state index in [2.05, 4.69) is 11.8 Å². The van der Waals surface area contributed by atoms with Gasteiger partial charge in [0.25, 0.3) is 0 Å². The molecule has 2 nitrogen and oxygen atoms in total. The van der Waals surface area contributed by atoms with Crippen molar-refractivity contribution in [1.82, 2.24) is 4.90 Å². The van der Waals surface area contributed by atoms with Gasteiger partial charge in [0, 0.05) is 12.1 Å². The minimum atomic E-state index is 0.601. The highest BCUT2D eigenvalue weighted by Gasteiger charge is 2.43. The molecule has 76 valence electrons. The Morgan fingerprint density at radius 1 is 1.46 bits per heavy atom. The first-order chi connectivity index (χ1) is 6.30. The number of likely N-dealkylation sites (tertiary alicyclic amines) is 1. The van der Waals surface area contributed by atoms with Gasteiger partial charge in [-0.05, 0) is 51.1 Å². The summed E-state index contributed by atoms with van der Waals surface area (Å²) in [6.07, 6.45) is 6.97. The lowest BCUT2D eigenvalue weighted by Gasteiger charge is -2.48. The average Bonchev–Trinajstić information content (AvgIpc) is 2.52. The molecule has 0 aromatic heterocycles. The molecule has 0 radical (unpaired) electrons. The van der Waals surface area contributed by atoms with E-state index >= 15 is 0 Å². The molecule has 2 fully saturated rings. The Bertz CT molecular complexity index is 169. The van der Waals surface area contributed by atoms with Gasteiger partial charge in [-0.3, -0.25) is 4.90 Å². The summed E-state index contributed by atoms with van der Waals surface area (Å²) in [6.45, 7) is 5.80. The molecule has 1 saturated heterocycles. The lowest BCUT2D eigenvalue weighted by molar-refractivity contribution is 0.0294. The summed E-state index contributed by atoms with van der Waals surface area (Å²) in [5, 5.41) is 0. The summed E-state index contributed by atoms with van der Waals surface area (Å²) in [5.41, 5.74) is 6.31. The highest BCUT2D eigenvalue weighted by molar-refractivity contribution is 4.99. The van der Waals surface area contributed by atoms with Crippen LogP contribution in [0.25, 0.3) is 0 Å². The Kier molecular flexibility index (Phi) is 2.61. The van der Waals surface area contributed by atoms with Crippen LogP contribution >= 0.6 is 0 Å². The van der Waals surface area contributed by atoms with Crippen LogP contribution in [-0.4, -0.2) is 30.1 Å². The highest BCUT2D eigenvalue weighted by Crippen LogP contribution is 2.42. The maximum absolute atomic E-state index is 5.71. The predicted octanol–water partition coefficient (Wildman–Crippen LogP) is 1.60. The average molecular weight is 182 g/mol. The van der Waals surface area contributed by atoms with Crippen LogP contribution in [0, 0.1) is 5.92 Å². The van der Waals surface area contributed by atoms with Gasteiger partial charge < -0.3 is 5.73 Å². The normalized spacial score (nSPS) is 33.2. The zero-order valence-corrected chi connectivity index (χ0v) is 8.76. The summed E-state index contributed by atoms with van der Waals surface area (Å²) >= 11 is 0. The first kappa shape index (κ1) is 9.47. The van der Waals surface area contributed by atoms with E-state index in [0.29, 0.717) is 5.54 Å². The number of hydrogen-bond acceptors (Lipinski definition) is 2. The lowest BCUT2D eigenvalue weighted by atomic mass is 9.73. The third kappa shape index (κ3) is 1.50. The standard InChI is InChI=1S/C11H22N2/c1-2-11(5-3-6-11)13-7-4-10(8-12)9-13/h10H,2-9,12H2,1H3. The largest absolute Gasteiger partial charge is 0.330 e. The quantitative estimate of drug-likeness (QED) is 0.718. The van der Waals surface area contributed by atoms with Gasteiger partial charge in [0.1, 0.15) is 0 Å². The highest BCUT2D eigenvalue weighted by atomic mass is 15.2. The molecule has 2 aliphatic rings. The maximum atomic E-state index is 5.71. The van der Waals surface area contributed by atoms with Gasteiger partial charge in [-0.2, -0.15) is 0 Å². The molecular weight excluding hydrogens is 160 g/mol. The molecule has 1 heterocycles. The number of rotatable bonds is 3. The van der Waals surface area contributed by atoms with E-state index in [1.165, 1.54) is 45.2 Å². The van der Waals surface area contributed by atoms with Gasteiger partial charge in [0.15, 0.2) is 0 Å². The van der Waals surface area contributed by atoms with Crippen molar-refractivity contribution in [1.29, 1.82) is 0 Å². The Labute approximate surface area is 81.5 Å². The first-order valence-corrected chi connectivity index (χ1v) is 5.76. The van der Waals surface area contributed by atoms with Gasteiger partial charge in [-0.1, -0.05) is 6.92 Å². The summed E-state index contributed by atoms with van der Waals surface area (Å²) in [6, 6.07) is 0. The summed E-state index contributed by atoms with van der Waals surface area (Å²) in [5.74, 6) is 0.782. The SMILES string of the molecule is CCC1(N2CCC(CN)C2)CCC1. The predicted molar refractivity (Wildman–Crippen MR) is 55.6 cm³/mol. The van der Waals surface area contributed by atoms with Crippen LogP contribution in [0.5, 0.6) is 0 Å². The molecule has 13 heavy (non-hydrogen) atoms. The number of nitrogens with two attached hydrogens (primary N) is 1. The molecule has 2 rings (SSSR count). The van der Waals surface area contributed by atoms with E-state index in [4.69, 9.17) is 5.73 Å². The topological polar surface area (TPSA) is 29.3 Å². The van der Waals surface area contributed by atoms with E-state index in [1.807, 2.05) is 0 Å². The van der Waals surface area contributed by atoms with Crippen molar-refractivity contribution in [2.45, 2.75) is 44.6 Å². The fraction of sp³-hybridized carbons (Fsp3) is 1.00. The van der Waals surface area contributed by atoms with Crippen molar-refractivity contribution in [3.63, 3.8) is 0 Å². The van der Waals surface area contributed by atoms with Gasteiger partial charge in [0.2, 0.25) is 0 Å². The van der Waals surface area contributed by atoms with E-state index in [9.17, 15) is 0 Å². The second-order valence-electron chi connectivity index (χ2n) is 4.77. The molecule has 1 unspecified atom stereocenters. The van der Waals surface area contributed by atoms with Crippen LogP contribution in [0.2, 0.25) is 0 Å². The van der Waals surface area contributed by atoms with Crippen molar-refractivity contribution in [3.05, 3.63) is 0 Å². The van der Waals surface area contributed by atoms with E-state index < -0.39 is 0 Å². The molecule has 2 N–H and O–H groups in total. The summed E-state index contributed by atoms with van der Waals surface area (Å²) < 4.78 is 0. The van der Waals surface area contributed by atoms with Crippen LogP contribution in [0.3, 0.4) is 0 Å². The molecular formula is C11H22N2. The third-order valence-corrected chi connectivity index (χ3v) is 4.23. The molecule has 0 amide bonds. The van der Waals surface area contributed by atoms with Crippen LogP contribution < -0.4 is 5.73 Å². The van der Waals surface area contributed by atoms with Gasteiger partial charge in [0.05, 0.1) is 0 Å². The zero-order valence-electron chi connectivity index (χ0n) is 8.76. The van der Waals surface area contributed by atoms with Gasteiger partial charge >= 0.3 is 0 Å². The monoisotopic (exact) mass is 182 g/mol. The van der Waals surface area contributed by atoms with E-state index in [-0.39, 0.29) is 0 Å². The molecule has 1 aliphatic heterocycles. The molecule has 0 aromatic rings. The van der Waals surface area contributed by atoms with Crippen molar-refractivity contribution in [2.24, 2.45) is 11.7 Å². The molecule has 1 aliphatic carbocycles. The fourth-order valence-corrected chi connectivity index (χ4v) is 2.93. The van der Waals surface area contributed by atoms with Gasteiger partial charge in [-0.15, -0.1) is 0 Å². The number of nitrogens with zero attached hydrogens (tertiary/aromatic N) is 1. The second-order valence-corrected chi connectivity index (χ2v) is 4.77. The van der Waals surface area contributed by atoms with Crippen molar-refractivity contribution in [3.8, 4) is 0 Å². The lowest BCUT2D eigenvalue weighted by Crippen LogP contribution is -2.52. The molecule has 1 atom stereocenters. The molecule has 0 aromatic carbocycles. The van der Waals surface area contributed by atoms with E-state index in [0.717, 1.165) is 12.5 Å². The van der Waals surface area contributed by atoms with Crippen LogP contribution in [0.1, 0.15) is 39.0 Å². The molecule has 0 bridgehead atoms. The minimum Gasteiger partial charge on any atom is -0.330 e. The Hall–Kier alpha value is -0.0800. The van der Waals surface area contributed by atoms with Crippen LogP contribution in [0.4, 0.5) is 0 Å². The molecule has 0 spiro atoms. The summed E-state index contributed by atoms with van der Waals surface area (Å²) in [4.78, 5) is 2.72. The van der Waals surface area contributed by atoms with Gasteiger partial charge in [-0.25, -0.2) is 0 Å². The van der Waals surface area contributed by atoms with Crippen LogP contribution in [0.15, 0.2) is 0 Å². The molecule has 1 saturated carbocycles. The third-order valence-electron chi connectivity index (χ3n) is 4.23. The zero-order chi connectivity index (χ0) is 9.31. The van der Waals surface area contributed by atoms with Crippen LogP contribution in [-0.2, 0) is 0 Å². The maximum Gasteiger partial charge on any atom is 0.0207 e. The Morgan fingerprint density at radius 2 is 2.23 bits per heavy atom. The summed E-state index contributed by atoms with van der Waals surface area (Å²) in [7, 11) is 0. The van der Waals surface area contributed by atoms with Crippen molar-refractivity contribution < 1.29 is 0 Å². The van der Waals surface area contributed by atoms with Crippen molar-refractivity contribution >= 4 is 0 Å². The number of hydrogen-bond donors (Lipinski definition) is 1. The Balaban J connectivity index is 1.94. The Morgan fingerprint density at radius 3 is 2.62 bits per heavy atom. The first-order valence-electron chi connectivity index (χ1n) is 5.76. The second kappa shape index (κ2) is 3.58. The van der Waals surface area contributed by atoms with E-state index in [1.54, 1.807) is 0 Å².